The third-order valence-electron chi connectivity index (χ3n) is 4.63. The van der Waals surface area contributed by atoms with Gasteiger partial charge in [0.25, 0.3) is 5.91 Å². The van der Waals surface area contributed by atoms with Gasteiger partial charge in [0.1, 0.15) is 12.2 Å². The van der Waals surface area contributed by atoms with Crippen molar-refractivity contribution in [3.63, 3.8) is 0 Å². The fraction of sp³-hybridized carbons (Fsp3) is 0.500. The van der Waals surface area contributed by atoms with Crippen LogP contribution in [0.2, 0.25) is 0 Å². The van der Waals surface area contributed by atoms with E-state index >= 15 is 0 Å². The number of carbonyl (C=O) groups is 1. The number of ether oxygens (including phenoxy) is 2. The molecule has 2 heterocycles. The van der Waals surface area contributed by atoms with Crippen molar-refractivity contribution in [1.29, 1.82) is 0 Å². The normalized spacial score (nSPS) is 35.6. The van der Waals surface area contributed by atoms with Crippen LogP contribution >= 0.6 is 0 Å². The van der Waals surface area contributed by atoms with Gasteiger partial charge in [0.15, 0.2) is 11.5 Å². The SMILES string of the molecule is O=C1NC2[C@@H](C[C@H](O)[C@@H](O)[C@H]2O)c2cc3c(c(O)c21)OCO3. The first-order valence-electron chi connectivity index (χ1n) is 6.99. The highest BCUT2D eigenvalue weighted by atomic mass is 16.7. The minimum Gasteiger partial charge on any atom is -0.504 e. The average molecular weight is 309 g/mol. The van der Waals surface area contributed by atoms with Gasteiger partial charge in [-0.3, -0.25) is 4.79 Å². The molecular formula is C14H15NO7. The fourth-order valence-electron chi connectivity index (χ4n) is 3.53. The molecule has 3 aliphatic rings. The first-order valence-corrected chi connectivity index (χ1v) is 6.99. The van der Waals surface area contributed by atoms with E-state index in [1.165, 1.54) is 0 Å². The molecule has 1 fully saturated rings. The lowest BCUT2D eigenvalue weighted by Gasteiger charge is -2.44. The van der Waals surface area contributed by atoms with Gasteiger partial charge >= 0.3 is 0 Å². The van der Waals surface area contributed by atoms with Gasteiger partial charge in [-0.25, -0.2) is 0 Å². The lowest BCUT2D eigenvalue weighted by atomic mass is 9.72. The van der Waals surface area contributed by atoms with Gasteiger partial charge in [0.2, 0.25) is 12.5 Å². The van der Waals surface area contributed by atoms with Gasteiger partial charge in [0, 0.05) is 5.92 Å². The number of phenolic OH excluding ortho intramolecular Hbond substituents is 1. The summed E-state index contributed by atoms with van der Waals surface area (Å²) < 4.78 is 10.4. The third kappa shape index (κ3) is 1.65. The Hall–Kier alpha value is -2.03. The van der Waals surface area contributed by atoms with E-state index in [4.69, 9.17) is 9.47 Å². The molecule has 1 saturated carbocycles. The smallest absolute Gasteiger partial charge is 0.255 e. The maximum Gasteiger partial charge on any atom is 0.255 e. The summed E-state index contributed by atoms with van der Waals surface area (Å²) in [5.74, 6) is -0.878. The van der Waals surface area contributed by atoms with Crippen LogP contribution in [0.1, 0.15) is 28.3 Å². The molecule has 0 bridgehead atoms. The van der Waals surface area contributed by atoms with Gasteiger partial charge in [-0.1, -0.05) is 0 Å². The van der Waals surface area contributed by atoms with E-state index in [0.29, 0.717) is 11.3 Å². The minimum absolute atomic E-state index is 0.0501. The lowest BCUT2D eigenvalue weighted by Crippen LogP contribution is -2.61. The molecule has 5 N–H and O–H groups in total. The highest BCUT2D eigenvalue weighted by Crippen LogP contribution is 2.49. The third-order valence-corrected chi connectivity index (χ3v) is 4.63. The summed E-state index contributed by atoms with van der Waals surface area (Å²) in [6, 6.07) is 0.850. The second-order valence-electron chi connectivity index (χ2n) is 5.81. The van der Waals surface area contributed by atoms with E-state index in [1.807, 2.05) is 0 Å². The van der Waals surface area contributed by atoms with Crippen molar-refractivity contribution < 1.29 is 34.7 Å². The molecule has 1 aliphatic carbocycles. The number of aliphatic hydroxyl groups is 3. The van der Waals surface area contributed by atoms with Crippen LogP contribution in [0.5, 0.6) is 17.2 Å². The quantitative estimate of drug-likeness (QED) is 0.407. The number of aromatic hydroxyl groups is 1. The monoisotopic (exact) mass is 309 g/mol. The summed E-state index contributed by atoms with van der Waals surface area (Å²) in [6.07, 6.45) is -3.59. The van der Waals surface area contributed by atoms with E-state index < -0.39 is 36.2 Å². The van der Waals surface area contributed by atoms with Crippen molar-refractivity contribution in [2.24, 2.45) is 0 Å². The van der Waals surface area contributed by atoms with Crippen LogP contribution in [-0.2, 0) is 0 Å². The number of carbonyl (C=O) groups excluding carboxylic acids is 1. The molecule has 1 amide bonds. The van der Waals surface area contributed by atoms with Crippen molar-refractivity contribution in [1.82, 2.24) is 5.32 Å². The summed E-state index contributed by atoms with van der Waals surface area (Å²) in [5, 5.41) is 42.6. The zero-order valence-corrected chi connectivity index (χ0v) is 11.4. The maximum atomic E-state index is 12.3. The Morgan fingerprint density at radius 1 is 1.18 bits per heavy atom. The van der Waals surface area contributed by atoms with E-state index in [2.05, 4.69) is 5.32 Å². The Balaban J connectivity index is 1.87. The molecule has 22 heavy (non-hydrogen) atoms. The van der Waals surface area contributed by atoms with Crippen molar-refractivity contribution in [2.45, 2.75) is 36.7 Å². The number of hydrogen-bond acceptors (Lipinski definition) is 7. The molecule has 8 nitrogen and oxygen atoms in total. The van der Waals surface area contributed by atoms with Crippen LogP contribution < -0.4 is 14.8 Å². The lowest BCUT2D eigenvalue weighted by molar-refractivity contribution is -0.104. The van der Waals surface area contributed by atoms with E-state index in [1.54, 1.807) is 6.07 Å². The summed E-state index contributed by atoms with van der Waals surface area (Å²) in [5.41, 5.74) is 0.529. The number of fused-ring (bicyclic) bond motifs is 4. The average Bonchev–Trinajstić information content (AvgIpc) is 2.95. The van der Waals surface area contributed by atoms with Gasteiger partial charge in [-0.05, 0) is 18.1 Å². The van der Waals surface area contributed by atoms with Crippen LogP contribution in [0, 0.1) is 0 Å². The number of amides is 1. The Bertz CT molecular complexity index is 661. The Kier molecular flexibility index (Phi) is 2.77. The number of phenols is 1. The van der Waals surface area contributed by atoms with E-state index in [-0.39, 0.29) is 30.3 Å². The predicted octanol–water partition coefficient (Wildman–Crippen LogP) is -1.20. The van der Waals surface area contributed by atoms with Crippen LogP contribution in [-0.4, -0.2) is 57.5 Å². The first kappa shape index (κ1) is 13.6. The van der Waals surface area contributed by atoms with Crippen molar-refractivity contribution in [3.8, 4) is 17.2 Å². The largest absolute Gasteiger partial charge is 0.504 e. The number of rotatable bonds is 0. The molecule has 1 aromatic rings. The van der Waals surface area contributed by atoms with Gasteiger partial charge in [-0.15, -0.1) is 0 Å². The molecule has 5 atom stereocenters. The summed E-state index contributed by atoms with van der Waals surface area (Å²) in [7, 11) is 0. The number of hydrogen-bond donors (Lipinski definition) is 5. The van der Waals surface area contributed by atoms with Crippen LogP contribution in [0.3, 0.4) is 0 Å². The second kappa shape index (κ2) is 4.48. The summed E-state index contributed by atoms with van der Waals surface area (Å²) >= 11 is 0. The Morgan fingerprint density at radius 2 is 1.95 bits per heavy atom. The van der Waals surface area contributed by atoms with Crippen molar-refractivity contribution >= 4 is 5.91 Å². The maximum absolute atomic E-state index is 12.3. The molecule has 1 unspecified atom stereocenters. The minimum atomic E-state index is -1.33. The fourth-order valence-corrected chi connectivity index (χ4v) is 3.53. The number of aliphatic hydroxyl groups excluding tert-OH is 3. The van der Waals surface area contributed by atoms with Gasteiger partial charge in [0.05, 0.1) is 17.7 Å². The molecule has 8 heteroatoms. The molecule has 118 valence electrons. The summed E-state index contributed by atoms with van der Waals surface area (Å²) in [6.45, 7) is -0.0501. The van der Waals surface area contributed by atoms with Crippen LogP contribution in [0.25, 0.3) is 0 Å². The van der Waals surface area contributed by atoms with E-state index in [0.717, 1.165) is 0 Å². The highest BCUT2D eigenvalue weighted by Gasteiger charge is 2.49. The summed E-state index contributed by atoms with van der Waals surface area (Å²) in [4.78, 5) is 12.3. The standard InChI is InChI=1S/C14H15NO7/c16-6-1-5-4-2-7-13(22-3-21-7)11(18)8(4)14(20)15-9(5)12(19)10(6)17/h2,5-6,9-10,12,16-19H,1,3H2,(H,15,20)/t5-,6-,9?,10+,12-/m0/s1. The molecule has 0 aromatic heterocycles. The first-order chi connectivity index (χ1) is 10.5. The number of nitrogens with one attached hydrogen (secondary N) is 1. The highest BCUT2D eigenvalue weighted by molar-refractivity contribution is 6.01. The zero-order valence-electron chi connectivity index (χ0n) is 11.4. The van der Waals surface area contributed by atoms with Crippen molar-refractivity contribution in [2.75, 3.05) is 6.79 Å². The molecule has 1 aromatic carbocycles. The predicted molar refractivity (Wildman–Crippen MR) is 70.9 cm³/mol. The molecular weight excluding hydrogens is 294 g/mol. The topological polar surface area (TPSA) is 128 Å². The van der Waals surface area contributed by atoms with E-state index in [9.17, 15) is 25.2 Å². The molecule has 0 spiro atoms. The van der Waals surface area contributed by atoms with Crippen LogP contribution in [0.15, 0.2) is 6.07 Å². The van der Waals surface area contributed by atoms with Gasteiger partial charge < -0.3 is 35.2 Å². The van der Waals surface area contributed by atoms with Gasteiger partial charge in [-0.2, -0.15) is 0 Å². The second-order valence-corrected chi connectivity index (χ2v) is 5.81. The molecule has 0 radical (unpaired) electrons. The zero-order chi connectivity index (χ0) is 15.6. The number of benzene rings is 1. The van der Waals surface area contributed by atoms with Crippen molar-refractivity contribution in [3.05, 3.63) is 17.2 Å². The van der Waals surface area contributed by atoms with Crippen LogP contribution in [0.4, 0.5) is 0 Å². The Morgan fingerprint density at radius 3 is 2.73 bits per heavy atom. The molecule has 2 aliphatic heterocycles. The molecule has 4 rings (SSSR count). The Labute approximate surface area is 124 Å². The molecule has 0 saturated heterocycles.